The van der Waals surface area contributed by atoms with Gasteiger partial charge < -0.3 is 9.47 Å². The number of esters is 1. The third-order valence-electron chi connectivity index (χ3n) is 3.27. The number of hydrogen-bond donors (Lipinski definition) is 0. The van der Waals surface area contributed by atoms with Gasteiger partial charge in [-0.25, -0.2) is 4.98 Å². The van der Waals surface area contributed by atoms with Crippen molar-refractivity contribution >= 4 is 28.9 Å². The second-order valence-electron chi connectivity index (χ2n) is 4.95. The van der Waals surface area contributed by atoms with Gasteiger partial charge in [-0.3, -0.25) is 4.79 Å². The van der Waals surface area contributed by atoms with Crippen LogP contribution in [0, 0.1) is 0 Å². The molecule has 0 aliphatic carbocycles. The van der Waals surface area contributed by atoms with Crippen molar-refractivity contribution in [1.82, 2.24) is 4.98 Å². The molecule has 6 heteroatoms. The zero-order valence-electron chi connectivity index (χ0n) is 12.9. The SMILES string of the molecule is COc1ccc(OC(=O)Cc2csc(-c3ccccc3Cl)n2)cc1. The predicted molar refractivity (Wildman–Crippen MR) is 94.9 cm³/mol. The van der Waals surface area contributed by atoms with Gasteiger partial charge in [-0.1, -0.05) is 29.8 Å². The number of rotatable bonds is 5. The summed E-state index contributed by atoms with van der Waals surface area (Å²) in [6.45, 7) is 0. The molecule has 0 spiro atoms. The van der Waals surface area contributed by atoms with Crippen LogP contribution in [0.1, 0.15) is 5.69 Å². The van der Waals surface area contributed by atoms with Gasteiger partial charge in [0.25, 0.3) is 0 Å². The van der Waals surface area contributed by atoms with Crippen molar-refractivity contribution in [2.45, 2.75) is 6.42 Å². The Morgan fingerprint density at radius 2 is 1.83 bits per heavy atom. The highest BCUT2D eigenvalue weighted by Crippen LogP contribution is 2.30. The van der Waals surface area contributed by atoms with Crippen LogP contribution in [0.5, 0.6) is 11.5 Å². The first kappa shape index (κ1) is 16.5. The van der Waals surface area contributed by atoms with Crippen LogP contribution < -0.4 is 9.47 Å². The lowest BCUT2D eigenvalue weighted by molar-refractivity contribution is -0.133. The number of nitrogens with zero attached hydrogens (tertiary/aromatic N) is 1. The average Bonchev–Trinajstić information content (AvgIpc) is 3.04. The summed E-state index contributed by atoms with van der Waals surface area (Å²) in [7, 11) is 1.58. The standard InChI is InChI=1S/C18H14ClNO3S/c1-22-13-6-8-14(9-7-13)23-17(21)10-12-11-24-18(20-12)15-4-2-3-5-16(15)19/h2-9,11H,10H2,1H3. The van der Waals surface area contributed by atoms with Gasteiger partial charge in [0, 0.05) is 10.9 Å². The molecule has 0 saturated heterocycles. The second-order valence-corrected chi connectivity index (χ2v) is 6.22. The van der Waals surface area contributed by atoms with Gasteiger partial charge in [0.2, 0.25) is 0 Å². The molecule has 0 amide bonds. The summed E-state index contributed by atoms with van der Waals surface area (Å²) in [6, 6.07) is 14.3. The lowest BCUT2D eigenvalue weighted by Crippen LogP contribution is -2.11. The van der Waals surface area contributed by atoms with Crippen LogP contribution in [0.2, 0.25) is 5.02 Å². The Balaban J connectivity index is 1.66. The van der Waals surface area contributed by atoms with Crippen LogP contribution >= 0.6 is 22.9 Å². The van der Waals surface area contributed by atoms with Crippen molar-refractivity contribution < 1.29 is 14.3 Å². The highest BCUT2D eigenvalue weighted by molar-refractivity contribution is 7.13. The van der Waals surface area contributed by atoms with E-state index < -0.39 is 0 Å². The molecule has 0 radical (unpaired) electrons. The van der Waals surface area contributed by atoms with E-state index in [0.29, 0.717) is 22.2 Å². The van der Waals surface area contributed by atoms with Crippen LogP contribution in [0.15, 0.2) is 53.9 Å². The first-order valence-corrected chi connectivity index (χ1v) is 8.45. The zero-order chi connectivity index (χ0) is 16.9. The summed E-state index contributed by atoms with van der Waals surface area (Å²) in [6.07, 6.45) is 0.104. The highest BCUT2D eigenvalue weighted by Gasteiger charge is 2.12. The first-order valence-electron chi connectivity index (χ1n) is 7.20. The van der Waals surface area contributed by atoms with E-state index in [2.05, 4.69) is 4.98 Å². The number of carbonyl (C=O) groups excluding carboxylic acids is 1. The maximum atomic E-state index is 12.0. The van der Waals surface area contributed by atoms with Crippen LogP contribution in [-0.2, 0) is 11.2 Å². The minimum Gasteiger partial charge on any atom is -0.497 e. The predicted octanol–water partition coefficient (Wildman–Crippen LogP) is 4.62. The van der Waals surface area contributed by atoms with E-state index in [4.69, 9.17) is 21.1 Å². The van der Waals surface area contributed by atoms with E-state index >= 15 is 0 Å². The topological polar surface area (TPSA) is 48.4 Å². The number of thiazole rings is 1. The number of aromatic nitrogens is 1. The summed E-state index contributed by atoms with van der Waals surface area (Å²) in [5.74, 6) is 0.817. The van der Waals surface area contributed by atoms with E-state index in [1.165, 1.54) is 11.3 Å². The summed E-state index contributed by atoms with van der Waals surface area (Å²) in [4.78, 5) is 16.5. The van der Waals surface area contributed by atoms with Gasteiger partial charge >= 0.3 is 5.97 Å². The van der Waals surface area contributed by atoms with Gasteiger partial charge in [0.15, 0.2) is 0 Å². The van der Waals surface area contributed by atoms with Gasteiger partial charge in [0.05, 0.1) is 24.2 Å². The summed E-state index contributed by atoms with van der Waals surface area (Å²) in [5, 5.41) is 3.26. The molecule has 24 heavy (non-hydrogen) atoms. The molecule has 1 heterocycles. The van der Waals surface area contributed by atoms with Crippen LogP contribution in [0.25, 0.3) is 10.6 Å². The number of carbonyl (C=O) groups is 1. The summed E-state index contributed by atoms with van der Waals surface area (Å²) < 4.78 is 10.4. The lowest BCUT2D eigenvalue weighted by Gasteiger charge is -2.04. The Morgan fingerprint density at radius 3 is 2.54 bits per heavy atom. The number of methoxy groups -OCH3 is 1. The van der Waals surface area contributed by atoms with E-state index in [0.717, 1.165) is 10.6 Å². The van der Waals surface area contributed by atoms with Crippen molar-refractivity contribution in [3.63, 3.8) is 0 Å². The molecule has 3 aromatic rings. The minimum atomic E-state index is -0.365. The van der Waals surface area contributed by atoms with Gasteiger partial charge in [0.1, 0.15) is 16.5 Å². The first-order chi connectivity index (χ1) is 11.7. The van der Waals surface area contributed by atoms with Crippen molar-refractivity contribution in [3.8, 4) is 22.1 Å². The maximum Gasteiger partial charge on any atom is 0.317 e. The fraction of sp³-hybridized carbons (Fsp3) is 0.111. The lowest BCUT2D eigenvalue weighted by atomic mass is 10.2. The zero-order valence-corrected chi connectivity index (χ0v) is 14.4. The molecule has 0 aliphatic heterocycles. The largest absolute Gasteiger partial charge is 0.497 e. The Hall–Kier alpha value is -2.37. The average molecular weight is 360 g/mol. The molecule has 0 N–H and O–H groups in total. The molecule has 0 atom stereocenters. The Labute approximate surface area is 148 Å². The van der Waals surface area contributed by atoms with Gasteiger partial charge in [-0.2, -0.15) is 0 Å². The molecule has 1 aromatic heterocycles. The van der Waals surface area contributed by atoms with Crippen LogP contribution in [0.4, 0.5) is 0 Å². The van der Waals surface area contributed by atoms with Crippen molar-refractivity contribution in [2.24, 2.45) is 0 Å². The number of halogens is 1. The number of benzene rings is 2. The molecular formula is C18H14ClNO3S. The smallest absolute Gasteiger partial charge is 0.317 e. The minimum absolute atomic E-state index is 0.104. The third kappa shape index (κ3) is 3.93. The third-order valence-corrected chi connectivity index (χ3v) is 4.53. The van der Waals surface area contributed by atoms with E-state index in [9.17, 15) is 4.79 Å². The molecule has 0 bridgehead atoms. The number of hydrogen-bond acceptors (Lipinski definition) is 5. The second kappa shape index (κ2) is 7.47. The molecular weight excluding hydrogens is 346 g/mol. The molecule has 4 nitrogen and oxygen atoms in total. The fourth-order valence-electron chi connectivity index (χ4n) is 2.11. The normalized spacial score (nSPS) is 10.4. The summed E-state index contributed by atoms with van der Waals surface area (Å²) in [5.41, 5.74) is 1.52. The quantitative estimate of drug-likeness (QED) is 0.492. The fourth-order valence-corrected chi connectivity index (χ4v) is 3.25. The Kier molecular flexibility index (Phi) is 5.13. The molecule has 0 fully saturated rings. The summed E-state index contributed by atoms with van der Waals surface area (Å²) >= 11 is 7.62. The van der Waals surface area contributed by atoms with Crippen molar-refractivity contribution in [1.29, 1.82) is 0 Å². The van der Waals surface area contributed by atoms with Gasteiger partial charge in [-0.15, -0.1) is 11.3 Å². The molecule has 3 rings (SSSR count). The molecule has 0 saturated carbocycles. The maximum absolute atomic E-state index is 12.0. The Morgan fingerprint density at radius 1 is 1.12 bits per heavy atom. The highest BCUT2D eigenvalue weighted by atomic mass is 35.5. The van der Waals surface area contributed by atoms with E-state index in [1.807, 2.05) is 29.6 Å². The molecule has 0 aliphatic rings. The van der Waals surface area contributed by atoms with Gasteiger partial charge in [-0.05, 0) is 30.3 Å². The monoisotopic (exact) mass is 359 g/mol. The van der Waals surface area contributed by atoms with Crippen molar-refractivity contribution in [3.05, 3.63) is 64.6 Å². The molecule has 2 aromatic carbocycles. The van der Waals surface area contributed by atoms with Crippen LogP contribution in [0.3, 0.4) is 0 Å². The van der Waals surface area contributed by atoms with E-state index in [1.54, 1.807) is 31.4 Å². The molecule has 122 valence electrons. The molecule has 0 unspecified atom stereocenters. The van der Waals surface area contributed by atoms with Crippen molar-refractivity contribution in [2.75, 3.05) is 7.11 Å². The van der Waals surface area contributed by atoms with Crippen LogP contribution in [-0.4, -0.2) is 18.1 Å². The van der Waals surface area contributed by atoms with E-state index in [-0.39, 0.29) is 12.4 Å². The Bertz CT molecular complexity index is 845. The number of ether oxygens (including phenoxy) is 2.